The third-order valence-electron chi connectivity index (χ3n) is 1.85. The minimum Gasteiger partial charge on any atom is -0.337 e. The summed E-state index contributed by atoms with van der Waals surface area (Å²) in [5.74, 6) is 1.07. The molecule has 1 N–H and O–H groups in total. The first-order valence-corrected chi connectivity index (χ1v) is 6.40. The molecule has 0 amide bonds. The van der Waals surface area contributed by atoms with Crippen molar-refractivity contribution < 1.29 is 8.42 Å². The molecule has 1 aromatic rings. The van der Waals surface area contributed by atoms with Crippen molar-refractivity contribution >= 4 is 9.84 Å². The van der Waals surface area contributed by atoms with Crippen LogP contribution in [0.25, 0.3) is 0 Å². The second-order valence-corrected chi connectivity index (χ2v) is 5.52. The van der Waals surface area contributed by atoms with E-state index in [4.69, 9.17) is 0 Å². The van der Waals surface area contributed by atoms with Gasteiger partial charge >= 0.3 is 0 Å². The summed E-state index contributed by atoms with van der Waals surface area (Å²) in [6.07, 6.45) is 4.80. The van der Waals surface area contributed by atoms with Crippen LogP contribution in [0.15, 0.2) is 12.4 Å². The zero-order valence-electron chi connectivity index (χ0n) is 8.40. The molecule has 0 unspecified atom stereocenters. The summed E-state index contributed by atoms with van der Waals surface area (Å²) in [4.78, 5) is 4.10. The van der Waals surface area contributed by atoms with E-state index >= 15 is 0 Å². The van der Waals surface area contributed by atoms with Gasteiger partial charge in [0, 0.05) is 32.2 Å². The van der Waals surface area contributed by atoms with Crippen molar-refractivity contribution in [1.82, 2.24) is 14.9 Å². The van der Waals surface area contributed by atoms with Gasteiger partial charge in [-0.3, -0.25) is 0 Å². The molecule has 80 valence electrons. The molecule has 0 aliphatic rings. The molecular formula is C8H15N3O2S. The lowest BCUT2D eigenvalue weighted by molar-refractivity contribution is 0.593. The smallest absolute Gasteiger partial charge is 0.148 e. The van der Waals surface area contributed by atoms with Crippen LogP contribution in [0.4, 0.5) is 0 Å². The highest BCUT2D eigenvalue weighted by atomic mass is 32.2. The Morgan fingerprint density at radius 1 is 1.57 bits per heavy atom. The summed E-state index contributed by atoms with van der Waals surface area (Å²) in [6, 6.07) is 0. The van der Waals surface area contributed by atoms with E-state index in [1.807, 2.05) is 17.8 Å². The molecule has 0 radical (unpaired) electrons. The van der Waals surface area contributed by atoms with Gasteiger partial charge in [-0.1, -0.05) is 0 Å². The van der Waals surface area contributed by atoms with E-state index < -0.39 is 9.84 Å². The maximum absolute atomic E-state index is 10.8. The average molecular weight is 217 g/mol. The van der Waals surface area contributed by atoms with Gasteiger partial charge in [-0.25, -0.2) is 13.4 Å². The summed E-state index contributed by atoms with van der Waals surface area (Å²) in [5.41, 5.74) is 0. The van der Waals surface area contributed by atoms with E-state index in [0.29, 0.717) is 13.1 Å². The van der Waals surface area contributed by atoms with Crippen LogP contribution < -0.4 is 5.32 Å². The fraction of sp³-hybridized carbons (Fsp3) is 0.625. The lowest BCUT2D eigenvalue weighted by atomic mass is 10.5. The number of hydrogen-bond donors (Lipinski definition) is 1. The lowest BCUT2D eigenvalue weighted by Gasteiger charge is -2.03. The molecular weight excluding hydrogens is 202 g/mol. The first kappa shape index (κ1) is 11.2. The molecule has 6 heteroatoms. The number of sulfone groups is 1. The van der Waals surface area contributed by atoms with Gasteiger partial charge in [0.15, 0.2) is 0 Å². The van der Waals surface area contributed by atoms with Crippen LogP contribution in [0, 0.1) is 0 Å². The van der Waals surface area contributed by atoms with Crippen LogP contribution in [-0.4, -0.2) is 36.5 Å². The van der Waals surface area contributed by atoms with Crippen molar-refractivity contribution in [2.24, 2.45) is 7.05 Å². The average Bonchev–Trinajstić information content (AvgIpc) is 2.44. The molecule has 0 spiro atoms. The van der Waals surface area contributed by atoms with Crippen LogP contribution in [-0.2, 0) is 23.4 Å². The van der Waals surface area contributed by atoms with Gasteiger partial charge in [-0.15, -0.1) is 0 Å². The Hall–Kier alpha value is -0.880. The van der Waals surface area contributed by atoms with E-state index in [1.165, 1.54) is 6.26 Å². The van der Waals surface area contributed by atoms with Gasteiger partial charge in [0.25, 0.3) is 0 Å². The van der Waals surface area contributed by atoms with Crippen molar-refractivity contribution in [2.75, 3.05) is 18.6 Å². The Kier molecular flexibility index (Phi) is 3.65. The number of aromatic nitrogens is 2. The van der Waals surface area contributed by atoms with E-state index in [2.05, 4.69) is 10.3 Å². The molecule has 5 nitrogen and oxygen atoms in total. The van der Waals surface area contributed by atoms with E-state index in [0.717, 1.165) is 5.82 Å². The van der Waals surface area contributed by atoms with Gasteiger partial charge in [0.05, 0.1) is 12.3 Å². The number of rotatable bonds is 5. The number of imidazole rings is 1. The van der Waals surface area contributed by atoms with Gasteiger partial charge in [0.2, 0.25) is 0 Å². The second-order valence-electron chi connectivity index (χ2n) is 3.26. The minimum atomic E-state index is -2.87. The first-order chi connectivity index (χ1) is 6.49. The molecule has 0 atom stereocenters. The zero-order valence-corrected chi connectivity index (χ0v) is 9.21. The van der Waals surface area contributed by atoms with Crippen LogP contribution >= 0.6 is 0 Å². The third kappa shape index (κ3) is 3.89. The molecule has 0 aliphatic carbocycles. The second kappa shape index (κ2) is 4.56. The maximum atomic E-state index is 10.8. The summed E-state index contributed by atoms with van der Waals surface area (Å²) in [5, 5.41) is 3.02. The molecule has 1 rings (SSSR count). The first-order valence-electron chi connectivity index (χ1n) is 4.34. The van der Waals surface area contributed by atoms with Gasteiger partial charge < -0.3 is 9.88 Å². The Morgan fingerprint density at radius 2 is 2.29 bits per heavy atom. The van der Waals surface area contributed by atoms with Crippen LogP contribution in [0.1, 0.15) is 5.82 Å². The van der Waals surface area contributed by atoms with Crippen LogP contribution in [0.5, 0.6) is 0 Å². The molecule has 1 aromatic heterocycles. The normalized spacial score (nSPS) is 11.9. The van der Waals surface area contributed by atoms with E-state index in [9.17, 15) is 8.42 Å². The number of hydrogen-bond acceptors (Lipinski definition) is 4. The van der Waals surface area contributed by atoms with E-state index in [-0.39, 0.29) is 5.75 Å². The zero-order chi connectivity index (χ0) is 10.6. The SMILES string of the molecule is Cn1ccnc1CNCCS(C)(=O)=O. The summed E-state index contributed by atoms with van der Waals surface area (Å²) < 4.78 is 23.5. The number of nitrogens with one attached hydrogen (secondary N) is 1. The fourth-order valence-electron chi connectivity index (χ4n) is 1.02. The third-order valence-corrected chi connectivity index (χ3v) is 2.80. The van der Waals surface area contributed by atoms with Crippen molar-refractivity contribution in [3.05, 3.63) is 18.2 Å². The number of aryl methyl sites for hydroxylation is 1. The Morgan fingerprint density at radius 3 is 2.79 bits per heavy atom. The van der Waals surface area contributed by atoms with Gasteiger partial charge in [-0.2, -0.15) is 0 Å². The Labute approximate surface area is 84.1 Å². The largest absolute Gasteiger partial charge is 0.337 e. The highest BCUT2D eigenvalue weighted by molar-refractivity contribution is 7.90. The lowest BCUT2D eigenvalue weighted by Crippen LogP contribution is -2.23. The Balaban J connectivity index is 2.26. The topological polar surface area (TPSA) is 64.0 Å². The highest BCUT2D eigenvalue weighted by Crippen LogP contribution is 1.92. The molecule has 0 aliphatic heterocycles. The predicted molar refractivity (Wildman–Crippen MR) is 54.6 cm³/mol. The maximum Gasteiger partial charge on any atom is 0.148 e. The van der Waals surface area contributed by atoms with Crippen molar-refractivity contribution in [1.29, 1.82) is 0 Å². The summed E-state index contributed by atoms with van der Waals surface area (Å²) in [7, 11) is -0.962. The van der Waals surface area contributed by atoms with Gasteiger partial charge in [-0.05, 0) is 0 Å². The molecule has 0 saturated carbocycles. The fourth-order valence-corrected chi connectivity index (χ4v) is 1.54. The molecule has 0 fully saturated rings. The molecule has 14 heavy (non-hydrogen) atoms. The van der Waals surface area contributed by atoms with Crippen LogP contribution in [0.2, 0.25) is 0 Å². The highest BCUT2D eigenvalue weighted by Gasteiger charge is 2.02. The number of nitrogens with zero attached hydrogens (tertiary/aromatic N) is 2. The van der Waals surface area contributed by atoms with Crippen molar-refractivity contribution in [3.63, 3.8) is 0 Å². The molecule has 0 aromatic carbocycles. The Bertz CT molecular complexity index is 383. The van der Waals surface area contributed by atoms with E-state index in [1.54, 1.807) is 6.20 Å². The molecule has 1 heterocycles. The molecule has 0 saturated heterocycles. The minimum absolute atomic E-state index is 0.164. The predicted octanol–water partition coefficient (Wildman–Crippen LogP) is -0.446. The summed E-state index contributed by atoms with van der Waals surface area (Å²) >= 11 is 0. The van der Waals surface area contributed by atoms with Gasteiger partial charge in [0.1, 0.15) is 15.7 Å². The quantitative estimate of drug-likeness (QED) is 0.679. The van der Waals surface area contributed by atoms with Crippen LogP contribution in [0.3, 0.4) is 0 Å². The standard InChI is InChI=1S/C8H15N3O2S/c1-11-5-3-10-8(11)7-9-4-6-14(2,12)13/h3,5,9H,4,6-7H2,1-2H3. The monoisotopic (exact) mass is 217 g/mol. The summed E-state index contributed by atoms with van der Waals surface area (Å²) in [6.45, 7) is 1.06. The van der Waals surface area contributed by atoms with Crippen molar-refractivity contribution in [2.45, 2.75) is 6.54 Å². The van der Waals surface area contributed by atoms with Crippen molar-refractivity contribution in [3.8, 4) is 0 Å². The molecule has 0 bridgehead atoms.